The minimum Gasteiger partial charge on any atom is -0.481 e. The Balaban J connectivity index is 1.93. The quantitative estimate of drug-likeness (QED) is 0.657. The van der Waals surface area contributed by atoms with Crippen LogP contribution in [0.5, 0.6) is 5.88 Å². The molecule has 0 unspecified atom stereocenters. The standard InChI is InChI=1S/C16H24N2O/c1-3-4-5-6-7-10-13-18-16(19-2)14-11-8-9-12-15(14)17-18/h8-9,11-12H,3-7,10,13H2,1-2H3. The zero-order valence-electron chi connectivity index (χ0n) is 12.1. The van der Waals surface area contributed by atoms with Crippen LogP contribution in [0.25, 0.3) is 10.9 Å². The van der Waals surface area contributed by atoms with Crippen molar-refractivity contribution in [3.8, 4) is 5.88 Å². The monoisotopic (exact) mass is 260 g/mol. The van der Waals surface area contributed by atoms with E-state index < -0.39 is 0 Å². The van der Waals surface area contributed by atoms with Crippen molar-refractivity contribution < 1.29 is 4.74 Å². The molecule has 2 rings (SSSR count). The van der Waals surface area contributed by atoms with Crippen LogP contribution in [0.15, 0.2) is 24.3 Å². The number of hydrogen-bond donors (Lipinski definition) is 0. The number of benzene rings is 1. The highest BCUT2D eigenvalue weighted by Crippen LogP contribution is 2.25. The second-order valence-corrected chi connectivity index (χ2v) is 5.02. The van der Waals surface area contributed by atoms with E-state index in [0.717, 1.165) is 23.3 Å². The Kier molecular flexibility index (Phi) is 5.25. The van der Waals surface area contributed by atoms with Crippen LogP contribution in [-0.2, 0) is 6.54 Å². The van der Waals surface area contributed by atoms with E-state index in [2.05, 4.69) is 18.1 Å². The smallest absolute Gasteiger partial charge is 0.219 e. The number of aromatic nitrogens is 2. The molecule has 0 radical (unpaired) electrons. The third kappa shape index (κ3) is 3.49. The van der Waals surface area contributed by atoms with Gasteiger partial charge in [-0.25, -0.2) is 4.68 Å². The Morgan fingerprint density at radius 2 is 1.79 bits per heavy atom. The van der Waals surface area contributed by atoms with Crippen molar-refractivity contribution in [1.82, 2.24) is 9.78 Å². The highest BCUT2D eigenvalue weighted by molar-refractivity contribution is 5.84. The first-order chi connectivity index (χ1) is 9.36. The van der Waals surface area contributed by atoms with Gasteiger partial charge in [-0.15, -0.1) is 0 Å². The van der Waals surface area contributed by atoms with Gasteiger partial charge in [0, 0.05) is 6.54 Å². The average molecular weight is 260 g/mol. The number of aryl methyl sites for hydroxylation is 1. The topological polar surface area (TPSA) is 27.1 Å². The summed E-state index contributed by atoms with van der Waals surface area (Å²) in [5.74, 6) is 0.893. The van der Waals surface area contributed by atoms with Crippen LogP contribution in [0.1, 0.15) is 45.4 Å². The van der Waals surface area contributed by atoms with E-state index in [9.17, 15) is 0 Å². The number of methoxy groups -OCH3 is 1. The van der Waals surface area contributed by atoms with Gasteiger partial charge in [0.2, 0.25) is 5.88 Å². The van der Waals surface area contributed by atoms with Crippen molar-refractivity contribution in [2.75, 3.05) is 7.11 Å². The second-order valence-electron chi connectivity index (χ2n) is 5.02. The summed E-state index contributed by atoms with van der Waals surface area (Å²) < 4.78 is 7.50. The van der Waals surface area contributed by atoms with Crippen molar-refractivity contribution in [2.45, 2.75) is 52.0 Å². The fraction of sp³-hybridized carbons (Fsp3) is 0.562. The molecule has 0 aliphatic rings. The maximum Gasteiger partial charge on any atom is 0.219 e. The largest absolute Gasteiger partial charge is 0.481 e. The van der Waals surface area contributed by atoms with E-state index in [4.69, 9.17) is 4.74 Å². The Labute approximate surface area is 115 Å². The molecule has 0 aliphatic carbocycles. The van der Waals surface area contributed by atoms with Crippen LogP contribution in [0.4, 0.5) is 0 Å². The lowest BCUT2D eigenvalue weighted by atomic mass is 10.1. The lowest BCUT2D eigenvalue weighted by molar-refractivity contribution is 0.359. The number of ether oxygens (including phenoxy) is 1. The fourth-order valence-corrected chi connectivity index (χ4v) is 2.46. The highest BCUT2D eigenvalue weighted by Gasteiger charge is 2.10. The van der Waals surface area contributed by atoms with Crippen molar-refractivity contribution in [3.05, 3.63) is 24.3 Å². The SMILES string of the molecule is CCCCCCCCn1nc2ccccc2c1OC. The van der Waals surface area contributed by atoms with Crippen LogP contribution < -0.4 is 4.74 Å². The zero-order valence-corrected chi connectivity index (χ0v) is 12.1. The molecule has 0 aliphatic heterocycles. The minimum atomic E-state index is 0.893. The zero-order chi connectivity index (χ0) is 13.5. The van der Waals surface area contributed by atoms with Crippen molar-refractivity contribution >= 4 is 10.9 Å². The van der Waals surface area contributed by atoms with Crippen LogP contribution in [-0.4, -0.2) is 16.9 Å². The third-order valence-electron chi connectivity index (χ3n) is 3.51. The van der Waals surface area contributed by atoms with Gasteiger partial charge in [-0.2, -0.15) is 5.10 Å². The van der Waals surface area contributed by atoms with Gasteiger partial charge in [-0.3, -0.25) is 0 Å². The molecule has 0 atom stereocenters. The molecule has 1 aromatic heterocycles. The number of hydrogen-bond acceptors (Lipinski definition) is 2. The Morgan fingerprint density at radius 3 is 2.58 bits per heavy atom. The molecule has 1 heterocycles. The van der Waals surface area contributed by atoms with Crippen molar-refractivity contribution in [1.29, 1.82) is 0 Å². The van der Waals surface area contributed by atoms with Gasteiger partial charge < -0.3 is 4.74 Å². The molecule has 0 bridgehead atoms. The minimum absolute atomic E-state index is 0.893. The maximum atomic E-state index is 5.49. The molecular formula is C16H24N2O. The third-order valence-corrected chi connectivity index (χ3v) is 3.51. The van der Waals surface area contributed by atoms with E-state index in [0.29, 0.717) is 0 Å². The molecule has 0 fully saturated rings. The van der Waals surface area contributed by atoms with Crippen LogP contribution in [0.2, 0.25) is 0 Å². The lowest BCUT2D eigenvalue weighted by Gasteiger charge is -2.06. The number of unbranched alkanes of at least 4 members (excludes halogenated alkanes) is 5. The Morgan fingerprint density at radius 1 is 1.05 bits per heavy atom. The molecular weight excluding hydrogens is 236 g/mol. The molecule has 104 valence electrons. The average Bonchev–Trinajstić information content (AvgIpc) is 2.80. The molecule has 19 heavy (non-hydrogen) atoms. The van der Waals surface area contributed by atoms with E-state index in [-0.39, 0.29) is 0 Å². The summed E-state index contributed by atoms with van der Waals surface area (Å²) in [7, 11) is 1.72. The predicted molar refractivity (Wildman–Crippen MR) is 79.7 cm³/mol. The molecule has 2 aromatic rings. The van der Waals surface area contributed by atoms with Gasteiger partial charge in [-0.1, -0.05) is 51.2 Å². The van der Waals surface area contributed by atoms with Gasteiger partial charge in [0.1, 0.15) is 0 Å². The van der Waals surface area contributed by atoms with E-state index in [1.54, 1.807) is 7.11 Å². The normalized spacial score (nSPS) is 11.1. The fourth-order valence-electron chi connectivity index (χ4n) is 2.46. The Bertz CT molecular complexity index is 504. The summed E-state index contributed by atoms with van der Waals surface area (Å²) in [6, 6.07) is 8.15. The number of rotatable bonds is 8. The summed E-state index contributed by atoms with van der Waals surface area (Å²) in [6.45, 7) is 3.20. The van der Waals surface area contributed by atoms with Crippen LogP contribution in [0, 0.1) is 0 Å². The first-order valence-electron chi connectivity index (χ1n) is 7.36. The van der Waals surface area contributed by atoms with Crippen LogP contribution >= 0.6 is 0 Å². The molecule has 0 N–H and O–H groups in total. The molecule has 0 saturated carbocycles. The Hall–Kier alpha value is -1.51. The first-order valence-corrected chi connectivity index (χ1v) is 7.36. The molecule has 0 spiro atoms. The molecule has 3 heteroatoms. The van der Waals surface area contributed by atoms with Crippen LogP contribution in [0.3, 0.4) is 0 Å². The highest BCUT2D eigenvalue weighted by atomic mass is 16.5. The molecule has 3 nitrogen and oxygen atoms in total. The predicted octanol–water partition coefficient (Wildman–Crippen LogP) is 4.41. The summed E-state index contributed by atoms with van der Waals surface area (Å²) in [5.41, 5.74) is 1.02. The molecule has 1 aromatic carbocycles. The number of nitrogens with zero attached hydrogens (tertiary/aromatic N) is 2. The first kappa shape index (κ1) is 13.9. The van der Waals surface area contributed by atoms with Gasteiger partial charge in [0.05, 0.1) is 18.0 Å². The summed E-state index contributed by atoms with van der Waals surface area (Å²) in [6.07, 6.45) is 7.80. The lowest BCUT2D eigenvalue weighted by Crippen LogP contribution is -2.02. The molecule has 0 saturated heterocycles. The summed E-state index contributed by atoms with van der Waals surface area (Å²) in [4.78, 5) is 0. The molecule has 0 amide bonds. The van der Waals surface area contributed by atoms with E-state index in [1.807, 2.05) is 22.9 Å². The van der Waals surface area contributed by atoms with E-state index >= 15 is 0 Å². The summed E-state index contributed by atoms with van der Waals surface area (Å²) in [5, 5.41) is 5.72. The van der Waals surface area contributed by atoms with Crippen molar-refractivity contribution in [3.63, 3.8) is 0 Å². The van der Waals surface area contributed by atoms with Crippen molar-refractivity contribution in [2.24, 2.45) is 0 Å². The van der Waals surface area contributed by atoms with Gasteiger partial charge in [-0.05, 0) is 18.6 Å². The van der Waals surface area contributed by atoms with Gasteiger partial charge >= 0.3 is 0 Å². The maximum absolute atomic E-state index is 5.49. The second kappa shape index (κ2) is 7.17. The number of fused-ring (bicyclic) bond motifs is 1. The summed E-state index contributed by atoms with van der Waals surface area (Å²) >= 11 is 0. The van der Waals surface area contributed by atoms with Gasteiger partial charge in [0.15, 0.2) is 0 Å². The van der Waals surface area contributed by atoms with Gasteiger partial charge in [0.25, 0.3) is 0 Å². The van der Waals surface area contributed by atoms with E-state index in [1.165, 1.54) is 38.5 Å².